The summed E-state index contributed by atoms with van der Waals surface area (Å²) in [6.45, 7) is 8.66. The second kappa shape index (κ2) is 7.59. The Balaban J connectivity index is 1.53. The van der Waals surface area contributed by atoms with E-state index in [0.717, 1.165) is 28.3 Å². The summed E-state index contributed by atoms with van der Waals surface area (Å²) >= 11 is 0. The smallest absolute Gasteiger partial charge is 0.253 e. The molecule has 3 heterocycles. The normalized spacial score (nSPS) is 12.3. The third-order valence-corrected chi connectivity index (χ3v) is 5.56. The van der Waals surface area contributed by atoms with Gasteiger partial charge in [0.2, 0.25) is 0 Å². The lowest BCUT2D eigenvalue weighted by molar-refractivity contribution is 0.0949. The average Bonchev–Trinajstić information content (AvgIpc) is 3.27. The summed E-state index contributed by atoms with van der Waals surface area (Å²) in [6.07, 6.45) is 3.93. The van der Waals surface area contributed by atoms with E-state index < -0.39 is 0 Å². The molecule has 0 aliphatic heterocycles. The molecule has 1 amide bonds. The monoisotopic (exact) mass is 386 g/mol. The lowest BCUT2D eigenvalue weighted by Gasteiger charge is -2.19. The lowest BCUT2D eigenvalue weighted by Crippen LogP contribution is -2.23. The second-order valence-electron chi connectivity index (χ2n) is 7.58. The number of amides is 1. The first-order valence-corrected chi connectivity index (χ1v) is 9.90. The number of aryl methyl sites for hydroxylation is 2. The van der Waals surface area contributed by atoms with Gasteiger partial charge in [-0.3, -0.25) is 4.79 Å². The van der Waals surface area contributed by atoms with Crippen LogP contribution in [0, 0.1) is 20.8 Å². The van der Waals surface area contributed by atoms with Gasteiger partial charge in [0.1, 0.15) is 5.65 Å². The van der Waals surface area contributed by atoms with Crippen LogP contribution in [0.4, 0.5) is 0 Å². The van der Waals surface area contributed by atoms with Crippen molar-refractivity contribution in [3.8, 4) is 0 Å². The Morgan fingerprint density at radius 2 is 1.86 bits per heavy atom. The van der Waals surface area contributed by atoms with Crippen molar-refractivity contribution in [1.82, 2.24) is 19.3 Å². The third-order valence-electron chi connectivity index (χ3n) is 5.56. The van der Waals surface area contributed by atoms with Crippen LogP contribution < -0.4 is 5.32 Å². The summed E-state index contributed by atoms with van der Waals surface area (Å²) in [4.78, 5) is 17.5. The number of nitrogens with one attached hydrogen (secondary N) is 1. The number of hydrogen-bond donors (Lipinski definition) is 1. The van der Waals surface area contributed by atoms with Gasteiger partial charge in [-0.05, 0) is 51.0 Å². The second-order valence-corrected chi connectivity index (χ2v) is 7.58. The van der Waals surface area contributed by atoms with Crippen LogP contribution in [0.5, 0.6) is 0 Å². The number of carbonyl (C=O) groups excluding carboxylic acids is 1. The van der Waals surface area contributed by atoms with E-state index in [0.29, 0.717) is 12.1 Å². The molecule has 0 saturated heterocycles. The van der Waals surface area contributed by atoms with Crippen LogP contribution in [0.1, 0.15) is 51.5 Å². The van der Waals surface area contributed by atoms with Crippen molar-refractivity contribution >= 4 is 11.6 Å². The molecular formula is C24H26N4O. The van der Waals surface area contributed by atoms with E-state index in [9.17, 15) is 4.79 Å². The molecule has 0 aliphatic carbocycles. The fraction of sp³-hybridized carbons (Fsp3) is 0.250. The fourth-order valence-corrected chi connectivity index (χ4v) is 4.04. The Morgan fingerprint density at radius 3 is 2.59 bits per heavy atom. The van der Waals surface area contributed by atoms with Crippen LogP contribution in [0.2, 0.25) is 0 Å². The minimum atomic E-state index is -0.0709. The maximum atomic E-state index is 12.9. The van der Waals surface area contributed by atoms with Crippen molar-refractivity contribution in [3.05, 3.63) is 94.7 Å². The number of fused-ring (bicyclic) bond motifs is 1. The molecule has 0 fully saturated rings. The Morgan fingerprint density at radius 1 is 1.10 bits per heavy atom. The van der Waals surface area contributed by atoms with Crippen molar-refractivity contribution < 1.29 is 4.79 Å². The Bertz CT molecular complexity index is 1170. The topological polar surface area (TPSA) is 51.3 Å². The van der Waals surface area contributed by atoms with Gasteiger partial charge in [0.25, 0.3) is 5.91 Å². The van der Waals surface area contributed by atoms with Crippen LogP contribution in [0.25, 0.3) is 5.65 Å². The van der Waals surface area contributed by atoms with E-state index >= 15 is 0 Å². The van der Waals surface area contributed by atoms with E-state index in [4.69, 9.17) is 0 Å². The highest BCUT2D eigenvalue weighted by atomic mass is 16.1. The highest BCUT2D eigenvalue weighted by Gasteiger charge is 2.19. The number of benzene rings is 1. The van der Waals surface area contributed by atoms with Gasteiger partial charge < -0.3 is 14.3 Å². The van der Waals surface area contributed by atoms with Gasteiger partial charge in [-0.2, -0.15) is 0 Å². The first kappa shape index (κ1) is 19.0. The van der Waals surface area contributed by atoms with Crippen molar-refractivity contribution in [3.63, 3.8) is 0 Å². The molecule has 0 unspecified atom stereocenters. The third kappa shape index (κ3) is 3.56. The van der Waals surface area contributed by atoms with Crippen LogP contribution >= 0.6 is 0 Å². The van der Waals surface area contributed by atoms with Gasteiger partial charge in [0.15, 0.2) is 0 Å². The minimum Gasteiger partial charge on any atom is -0.346 e. The number of carbonyl (C=O) groups is 1. The summed E-state index contributed by atoms with van der Waals surface area (Å²) < 4.78 is 4.21. The highest BCUT2D eigenvalue weighted by Crippen LogP contribution is 2.25. The van der Waals surface area contributed by atoms with Crippen LogP contribution in [-0.4, -0.2) is 19.9 Å². The predicted octanol–water partition coefficient (Wildman–Crippen LogP) is 4.60. The fourth-order valence-electron chi connectivity index (χ4n) is 4.04. The van der Waals surface area contributed by atoms with Gasteiger partial charge in [0, 0.05) is 23.8 Å². The summed E-state index contributed by atoms with van der Waals surface area (Å²) in [5.74, 6) is -0.0709. The molecule has 148 valence electrons. The Hall–Kier alpha value is -3.34. The quantitative estimate of drug-likeness (QED) is 0.545. The van der Waals surface area contributed by atoms with Gasteiger partial charge >= 0.3 is 0 Å². The van der Waals surface area contributed by atoms with E-state index in [2.05, 4.69) is 33.9 Å². The zero-order valence-corrected chi connectivity index (χ0v) is 17.3. The maximum absolute atomic E-state index is 12.9. The molecule has 0 spiro atoms. The standard InChI is InChI=1S/C24H26N4O/c1-16-9-8-12-27-15-21(26-23(16)27)14-25-24(29)22-13-17(2)28(19(22)4)18(3)20-10-6-5-7-11-20/h5-13,15,18H,14H2,1-4H3,(H,25,29)/t18-/m0/s1. The van der Waals surface area contributed by atoms with Gasteiger partial charge in [-0.1, -0.05) is 36.4 Å². The molecule has 1 atom stereocenters. The van der Waals surface area contributed by atoms with E-state index in [1.54, 1.807) is 0 Å². The summed E-state index contributed by atoms with van der Waals surface area (Å²) in [7, 11) is 0. The number of nitrogens with zero attached hydrogens (tertiary/aromatic N) is 3. The van der Waals surface area contributed by atoms with Crippen molar-refractivity contribution in [2.45, 2.75) is 40.3 Å². The molecule has 4 rings (SSSR count). The van der Waals surface area contributed by atoms with Gasteiger partial charge in [0.05, 0.1) is 23.8 Å². The summed E-state index contributed by atoms with van der Waals surface area (Å²) in [5.41, 5.74) is 6.87. The number of aromatic nitrogens is 3. The molecule has 0 saturated carbocycles. The number of imidazole rings is 1. The first-order chi connectivity index (χ1) is 14.0. The van der Waals surface area contributed by atoms with Crippen molar-refractivity contribution in [2.75, 3.05) is 0 Å². The number of rotatable bonds is 5. The molecule has 5 heteroatoms. The molecule has 3 aromatic heterocycles. The zero-order valence-electron chi connectivity index (χ0n) is 17.3. The Kier molecular flexibility index (Phi) is 4.97. The zero-order chi connectivity index (χ0) is 20.5. The molecule has 0 radical (unpaired) electrons. The summed E-state index contributed by atoms with van der Waals surface area (Å²) in [6, 6.07) is 16.5. The highest BCUT2D eigenvalue weighted by molar-refractivity contribution is 5.95. The van der Waals surface area contributed by atoms with Crippen LogP contribution in [-0.2, 0) is 6.54 Å². The molecule has 5 nitrogen and oxygen atoms in total. The van der Waals surface area contributed by atoms with E-state index in [-0.39, 0.29) is 11.9 Å². The number of hydrogen-bond acceptors (Lipinski definition) is 2. The largest absolute Gasteiger partial charge is 0.346 e. The summed E-state index contributed by atoms with van der Waals surface area (Å²) in [5, 5.41) is 3.03. The molecule has 1 N–H and O–H groups in total. The molecule has 0 bridgehead atoms. The average molecular weight is 386 g/mol. The Labute approximate surface area is 171 Å². The van der Waals surface area contributed by atoms with Gasteiger partial charge in [-0.25, -0.2) is 4.98 Å². The van der Waals surface area contributed by atoms with Crippen molar-refractivity contribution in [1.29, 1.82) is 0 Å². The first-order valence-electron chi connectivity index (χ1n) is 9.90. The molecule has 0 aliphatic rings. The van der Waals surface area contributed by atoms with E-state index in [1.165, 1.54) is 5.56 Å². The van der Waals surface area contributed by atoms with Crippen LogP contribution in [0.3, 0.4) is 0 Å². The lowest BCUT2D eigenvalue weighted by atomic mass is 10.1. The SMILES string of the molecule is Cc1cccn2cc(CNC(=O)c3cc(C)n([C@@H](C)c4ccccc4)c3C)nc12. The molecule has 1 aromatic carbocycles. The van der Waals surface area contributed by atoms with Crippen molar-refractivity contribution in [2.24, 2.45) is 0 Å². The molecule has 4 aromatic rings. The maximum Gasteiger partial charge on any atom is 0.253 e. The molecular weight excluding hydrogens is 360 g/mol. The minimum absolute atomic E-state index is 0.0709. The number of pyridine rings is 1. The van der Waals surface area contributed by atoms with Gasteiger partial charge in [-0.15, -0.1) is 0 Å². The molecule has 29 heavy (non-hydrogen) atoms. The van der Waals surface area contributed by atoms with E-state index in [1.807, 2.05) is 74.0 Å². The van der Waals surface area contributed by atoms with Crippen LogP contribution in [0.15, 0.2) is 60.9 Å². The predicted molar refractivity (Wildman–Crippen MR) is 115 cm³/mol.